The van der Waals surface area contributed by atoms with Crippen LogP contribution in [-0.2, 0) is 0 Å². The molecule has 0 heterocycles. The topological polar surface area (TPSA) is 35.5 Å². The molecule has 0 saturated heterocycles. The Morgan fingerprint density at radius 1 is 1.15 bits per heavy atom. The van der Waals surface area contributed by atoms with Crippen molar-refractivity contribution in [2.24, 2.45) is 0 Å². The lowest BCUT2D eigenvalue weighted by Gasteiger charge is -2.08. The van der Waals surface area contributed by atoms with Gasteiger partial charge in [-0.15, -0.1) is 0 Å². The maximum absolute atomic E-state index is 12.4. The summed E-state index contributed by atoms with van der Waals surface area (Å²) in [6.07, 6.45) is 0. The number of carbonyl (C=O) groups is 1. The summed E-state index contributed by atoms with van der Waals surface area (Å²) < 4.78 is 11.3. The Kier molecular flexibility index (Phi) is 4.79. The van der Waals surface area contributed by atoms with E-state index in [0.717, 1.165) is 10.2 Å². The number of benzene rings is 2. The number of halogens is 1. The molecular formula is C16H15BrO3. The predicted octanol–water partition coefficient (Wildman–Crippen LogP) is 4.09. The molecule has 0 N–H and O–H groups in total. The summed E-state index contributed by atoms with van der Waals surface area (Å²) in [7, 11) is 1.58. The van der Waals surface area contributed by atoms with E-state index in [0.29, 0.717) is 23.5 Å². The minimum Gasteiger partial charge on any atom is -0.497 e. The SMILES string of the molecule is CCOc1ccc(C(=O)c2cccc(OC)c2)cc1Br. The van der Waals surface area contributed by atoms with Gasteiger partial charge in [-0.1, -0.05) is 12.1 Å². The molecule has 104 valence electrons. The fourth-order valence-electron chi connectivity index (χ4n) is 1.85. The predicted molar refractivity (Wildman–Crippen MR) is 81.7 cm³/mol. The van der Waals surface area contributed by atoms with Crippen molar-refractivity contribution in [1.82, 2.24) is 0 Å². The first kappa shape index (κ1) is 14.6. The van der Waals surface area contributed by atoms with Crippen LogP contribution in [0.1, 0.15) is 22.8 Å². The summed E-state index contributed by atoms with van der Waals surface area (Å²) in [4.78, 5) is 12.4. The van der Waals surface area contributed by atoms with E-state index in [1.807, 2.05) is 13.0 Å². The molecule has 4 heteroatoms. The Morgan fingerprint density at radius 2 is 1.90 bits per heavy atom. The summed E-state index contributed by atoms with van der Waals surface area (Å²) in [6.45, 7) is 2.50. The van der Waals surface area contributed by atoms with Crippen molar-refractivity contribution in [2.45, 2.75) is 6.92 Å². The van der Waals surface area contributed by atoms with Crippen molar-refractivity contribution in [3.05, 3.63) is 58.1 Å². The smallest absolute Gasteiger partial charge is 0.193 e. The standard InChI is InChI=1S/C16H15BrO3/c1-3-20-15-8-7-12(10-14(15)17)16(18)11-5-4-6-13(9-11)19-2/h4-10H,3H2,1-2H3. The Morgan fingerprint density at radius 3 is 2.55 bits per heavy atom. The first-order valence-corrected chi connectivity index (χ1v) is 7.06. The molecule has 0 aromatic heterocycles. The molecular weight excluding hydrogens is 320 g/mol. The zero-order valence-corrected chi connectivity index (χ0v) is 12.9. The van der Waals surface area contributed by atoms with E-state index in [1.54, 1.807) is 43.5 Å². The third-order valence-electron chi connectivity index (χ3n) is 2.83. The van der Waals surface area contributed by atoms with E-state index in [4.69, 9.17) is 9.47 Å². The highest BCUT2D eigenvalue weighted by molar-refractivity contribution is 9.10. The van der Waals surface area contributed by atoms with Gasteiger partial charge in [0.25, 0.3) is 0 Å². The lowest BCUT2D eigenvalue weighted by Crippen LogP contribution is -2.02. The quantitative estimate of drug-likeness (QED) is 0.772. The van der Waals surface area contributed by atoms with Gasteiger partial charge in [0.1, 0.15) is 11.5 Å². The number of ether oxygens (including phenoxy) is 2. The van der Waals surface area contributed by atoms with Gasteiger partial charge in [-0.05, 0) is 53.2 Å². The third kappa shape index (κ3) is 3.20. The van der Waals surface area contributed by atoms with E-state index in [1.165, 1.54) is 0 Å². The fraction of sp³-hybridized carbons (Fsp3) is 0.188. The molecule has 0 amide bonds. The minimum absolute atomic E-state index is 0.0485. The van der Waals surface area contributed by atoms with Crippen molar-refractivity contribution < 1.29 is 14.3 Å². The first-order valence-electron chi connectivity index (χ1n) is 6.26. The summed E-state index contributed by atoms with van der Waals surface area (Å²) >= 11 is 3.42. The molecule has 0 saturated carbocycles. The van der Waals surface area contributed by atoms with E-state index in [2.05, 4.69) is 15.9 Å². The van der Waals surface area contributed by atoms with Crippen LogP contribution in [0, 0.1) is 0 Å². The average Bonchev–Trinajstić information content (AvgIpc) is 2.49. The Bertz CT molecular complexity index is 623. The van der Waals surface area contributed by atoms with E-state index in [-0.39, 0.29) is 5.78 Å². The van der Waals surface area contributed by atoms with Gasteiger partial charge in [-0.25, -0.2) is 0 Å². The van der Waals surface area contributed by atoms with Gasteiger partial charge in [0.15, 0.2) is 5.78 Å². The average molecular weight is 335 g/mol. The molecule has 20 heavy (non-hydrogen) atoms. The number of carbonyl (C=O) groups excluding carboxylic acids is 1. The summed E-state index contributed by atoms with van der Waals surface area (Å²) in [5.41, 5.74) is 1.20. The van der Waals surface area contributed by atoms with E-state index < -0.39 is 0 Å². The van der Waals surface area contributed by atoms with Gasteiger partial charge in [0.05, 0.1) is 18.2 Å². The van der Waals surface area contributed by atoms with Crippen LogP contribution in [-0.4, -0.2) is 19.5 Å². The van der Waals surface area contributed by atoms with Crippen molar-refractivity contribution in [3.63, 3.8) is 0 Å². The maximum Gasteiger partial charge on any atom is 0.193 e. The monoisotopic (exact) mass is 334 g/mol. The molecule has 0 aliphatic rings. The molecule has 0 spiro atoms. The van der Waals surface area contributed by atoms with Gasteiger partial charge in [-0.3, -0.25) is 4.79 Å². The van der Waals surface area contributed by atoms with Gasteiger partial charge in [0.2, 0.25) is 0 Å². The second-order valence-electron chi connectivity index (χ2n) is 4.14. The normalized spacial score (nSPS) is 10.2. The molecule has 0 aliphatic heterocycles. The van der Waals surface area contributed by atoms with Crippen molar-refractivity contribution in [2.75, 3.05) is 13.7 Å². The second kappa shape index (κ2) is 6.57. The van der Waals surface area contributed by atoms with Crippen molar-refractivity contribution in [3.8, 4) is 11.5 Å². The summed E-state index contributed by atoms with van der Waals surface area (Å²) in [5, 5.41) is 0. The zero-order chi connectivity index (χ0) is 14.5. The largest absolute Gasteiger partial charge is 0.497 e. The number of rotatable bonds is 5. The number of ketones is 1. The molecule has 0 radical (unpaired) electrons. The number of hydrogen-bond donors (Lipinski definition) is 0. The third-order valence-corrected chi connectivity index (χ3v) is 3.45. The molecule has 2 aromatic rings. The number of methoxy groups -OCH3 is 1. The summed E-state index contributed by atoms with van der Waals surface area (Å²) in [6, 6.07) is 12.4. The molecule has 0 atom stereocenters. The lowest BCUT2D eigenvalue weighted by atomic mass is 10.0. The Hall–Kier alpha value is -1.81. The van der Waals surface area contributed by atoms with Crippen LogP contribution in [0.3, 0.4) is 0 Å². The van der Waals surface area contributed by atoms with Gasteiger partial charge in [0, 0.05) is 11.1 Å². The molecule has 0 unspecified atom stereocenters. The van der Waals surface area contributed by atoms with Crippen LogP contribution >= 0.6 is 15.9 Å². The number of hydrogen-bond acceptors (Lipinski definition) is 3. The van der Waals surface area contributed by atoms with Crippen LogP contribution in [0.5, 0.6) is 11.5 Å². The highest BCUT2D eigenvalue weighted by Crippen LogP contribution is 2.27. The molecule has 0 bridgehead atoms. The van der Waals surface area contributed by atoms with Crippen molar-refractivity contribution in [1.29, 1.82) is 0 Å². The van der Waals surface area contributed by atoms with Gasteiger partial charge >= 0.3 is 0 Å². The summed E-state index contributed by atoms with van der Waals surface area (Å²) in [5.74, 6) is 1.35. The fourth-order valence-corrected chi connectivity index (χ4v) is 2.34. The highest BCUT2D eigenvalue weighted by atomic mass is 79.9. The molecule has 2 aromatic carbocycles. The minimum atomic E-state index is -0.0485. The Balaban J connectivity index is 2.31. The van der Waals surface area contributed by atoms with Crippen LogP contribution < -0.4 is 9.47 Å². The van der Waals surface area contributed by atoms with Crippen LogP contribution in [0.4, 0.5) is 0 Å². The molecule has 3 nitrogen and oxygen atoms in total. The molecule has 0 fully saturated rings. The van der Waals surface area contributed by atoms with Crippen LogP contribution in [0.2, 0.25) is 0 Å². The highest BCUT2D eigenvalue weighted by Gasteiger charge is 2.12. The zero-order valence-electron chi connectivity index (χ0n) is 11.4. The lowest BCUT2D eigenvalue weighted by molar-refractivity contribution is 0.103. The molecule has 2 rings (SSSR count). The molecule has 0 aliphatic carbocycles. The van der Waals surface area contributed by atoms with Crippen molar-refractivity contribution >= 4 is 21.7 Å². The second-order valence-corrected chi connectivity index (χ2v) is 4.99. The maximum atomic E-state index is 12.4. The van der Waals surface area contributed by atoms with E-state index in [9.17, 15) is 4.79 Å². The first-order chi connectivity index (χ1) is 9.65. The van der Waals surface area contributed by atoms with Crippen LogP contribution in [0.15, 0.2) is 46.9 Å². The van der Waals surface area contributed by atoms with Gasteiger partial charge < -0.3 is 9.47 Å². The van der Waals surface area contributed by atoms with Gasteiger partial charge in [-0.2, -0.15) is 0 Å². The Labute approximate surface area is 126 Å². The van der Waals surface area contributed by atoms with E-state index >= 15 is 0 Å². The van der Waals surface area contributed by atoms with Crippen LogP contribution in [0.25, 0.3) is 0 Å².